The Kier molecular flexibility index (Phi) is 4.74. The molecule has 0 bridgehead atoms. The van der Waals surface area contributed by atoms with Crippen molar-refractivity contribution < 1.29 is 4.74 Å². The number of H-pyrrole nitrogens is 1. The molecule has 0 atom stereocenters. The number of nitrogens with zero attached hydrogens (tertiary/aromatic N) is 2. The van der Waals surface area contributed by atoms with Gasteiger partial charge in [-0.25, -0.2) is 4.98 Å². The molecule has 1 aromatic carbocycles. The van der Waals surface area contributed by atoms with Gasteiger partial charge < -0.3 is 9.72 Å². The molecule has 0 radical (unpaired) electrons. The summed E-state index contributed by atoms with van der Waals surface area (Å²) in [5.74, 6) is 1.93. The molecule has 0 fully saturated rings. The van der Waals surface area contributed by atoms with Crippen molar-refractivity contribution in [2.45, 2.75) is 18.0 Å². The number of imidazole rings is 1. The summed E-state index contributed by atoms with van der Waals surface area (Å²) in [6.45, 7) is 0.741. The Morgan fingerprint density at radius 3 is 2.76 bits per heavy atom. The Balaban J connectivity index is 1.36. The summed E-state index contributed by atoms with van der Waals surface area (Å²) >= 11 is 1.76. The van der Waals surface area contributed by atoms with Crippen LogP contribution in [0.2, 0.25) is 0 Å². The monoisotopic (exact) mass is 299 g/mol. The molecular formula is C16H17N3OS. The molecule has 0 saturated carbocycles. The van der Waals surface area contributed by atoms with E-state index in [2.05, 4.69) is 21.0 Å². The second-order valence-corrected chi connectivity index (χ2v) is 5.73. The second-order valence-electron chi connectivity index (χ2n) is 4.65. The van der Waals surface area contributed by atoms with Crippen molar-refractivity contribution in [2.24, 2.45) is 0 Å². The standard InChI is InChI=1S/C16H17N3OS/c1-2-6-15-14(5-1)18-16(19-15)21-12-4-3-11-20-13-7-9-17-10-8-13/h1-2,5-10H,3-4,11-12H2,(H,18,19). The maximum atomic E-state index is 5.63. The fourth-order valence-electron chi connectivity index (χ4n) is 2.00. The highest BCUT2D eigenvalue weighted by Gasteiger charge is 2.02. The first-order valence-corrected chi connectivity index (χ1v) is 8.01. The number of fused-ring (bicyclic) bond motifs is 1. The first-order valence-electron chi connectivity index (χ1n) is 7.02. The van der Waals surface area contributed by atoms with Gasteiger partial charge in [-0.15, -0.1) is 0 Å². The van der Waals surface area contributed by atoms with Gasteiger partial charge in [-0.3, -0.25) is 4.98 Å². The van der Waals surface area contributed by atoms with Crippen molar-refractivity contribution in [3.8, 4) is 5.75 Å². The molecule has 0 aliphatic heterocycles. The van der Waals surface area contributed by atoms with Gasteiger partial charge in [0.25, 0.3) is 0 Å². The summed E-state index contributed by atoms with van der Waals surface area (Å²) in [7, 11) is 0. The van der Waals surface area contributed by atoms with E-state index < -0.39 is 0 Å². The van der Waals surface area contributed by atoms with E-state index in [1.165, 1.54) is 0 Å². The third kappa shape index (κ3) is 3.98. The van der Waals surface area contributed by atoms with Gasteiger partial charge in [0.15, 0.2) is 5.16 Å². The van der Waals surface area contributed by atoms with Gasteiger partial charge in [-0.1, -0.05) is 23.9 Å². The Morgan fingerprint density at radius 2 is 1.90 bits per heavy atom. The topological polar surface area (TPSA) is 50.8 Å². The predicted molar refractivity (Wildman–Crippen MR) is 85.8 cm³/mol. The summed E-state index contributed by atoms with van der Waals surface area (Å²) in [5.41, 5.74) is 2.13. The lowest BCUT2D eigenvalue weighted by Gasteiger charge is -2.04. The van der Waals surface area contributed by atoms with Crippen LogP contribution in [0.5, 0.6) is 5.75 Å². The molecule has 4 nitrogen and oxygen atoms in total. The maximum absolute atomic E-state index is 5.63. The minimum atomic E-state index is 0.741. The highest BCUT2D eigenvalue weighted by Crippen LogP contribution is 2.20. The zero-order chi connectivity index (χ0) is 14.3. The van der Waals surface area contributed by atoms with Crippen molar-refractivity contribution in [2.75, 3.05) is 12.4 Å². The molecule has 1 N–H and O–H groups in total. The van der Waals surface area contributed by atoms with Crippen molar-refractivity contribution in [3.63, 3.8) is 0 Å². The Morgan fingerprint density at radius 1 is 1.05 bits per heavy atom. The number of unbranched alkanes of at least 4 members (excludes halogenated alkanes) is 1. The number of ether oxygens (including phenoxy) is 1. The molecule has 0 amide bonds. The van der Waals surface area contributed by atoms with Crippen molar-refractivity contribution in [3.05, 3.63) is 48.8 Å². The minimum absolute atomic E-state index is 0.741. The van der Waals surface area contributed by atoms with E-state index in [1.54, 1.807) is 24.2 Å². The van der Waals surface area contributed by atoms with Crippen LogP contribution in [-0.2, 0) is 0 Å². The van der Waals surface area contributed by atoms with Crippen LogP contribution in [0.25, 0.3) is 11.0 Å². The summed E-state index contributed by atoms with van der Waals surface area (Å²) in [4.78, 5) is 11.8. The summed E-state index contributed by atoms with van der Waals surface area (Å²) in [6.07, 6.45) is 5.63. The largest absolute Gasteiger partial charge is 0.493 e. The number of nitrogens with one attached hydrogen (secondary N) is 1. The number of para-hydroxylation sites is 2. The number of benzene rings is 1. The zero-order valence-electron chi connectivity index (χ0n) is 11.7. The number of thioether (sulfide) groups is 1. The van der Waals surface area contributed by atoms with E-state index in [0.29, 0.717) is 0 Å². The van der Waals surface area contributed by atoms with Crippen molar-refractivity contribution in [1.29, 1.82) is 0 Å². The lowest BCUT2D eigenvalue weighted by molar-refractivity contribution is 0.309. The fraction of sp³-hybridized carbons (Fsp3) is 0.250. The first-order chi connectivity index (χ1) is 10.4. The molecule has 108 valence electrons. The van der Waals surface area contributed by atoms with Crippen LogP contribution in [0.4, 0.5) is 0 Å². The number of aromatic nitrogens is 3. The highest BCUT2D eigenvalue weighted by atomic mass is 32.2. The van der Waals surface area contributed by atoms with Gasteiger partial charge in [0.05, 0.1) is 17.6 Å². The Bertz CT molecular complexity index is 651. The SMILES string of the molecule is c1ccc2[nH]c(SCCCCOc3ccncc3)nc2c1. The quantitative estimate of drug-likeness (QED) is 0.531. The predicted octanol–water partition coefficient (Wildman–Crippen LogP) is 3.91. The lowest BCUT2D eigenvalue weighted by atomic mass is 10.3. The summed E-state index contributed by atoms with van der Waals surface area (Å²) in [6, 6.07) is 11.9. The normalized spacial score (nSPS) is 10.9. The first kappa shape index (κ1) is 13.9. The van der Waals surface area contributed by atoms with Gasteiger partial charge in [0, 0.05) is 18.1 Å². The van der Waals surface area contributed by atoms with Crippen LogP contribution in [0.3, 0.4) is 0 Å². The third-order valence-electron chi connectivity index (χ3n) is 3.06. The van der Waals surface area contributed by atoms with Crippen LogP contribution < -0.4 is 4.74 Å². The highest BCUT2D eigenvalue weighted by molar-refractivity contribution is 7.99. The average Bonchev–Trinajstić information content (AvgIpc) is 2.94. The van der Waals surface area contributed by atoms with E-state index >= 15 is 0 Å². The number of rotatable bonds is 7. The molecule has 2 aromatic heterocycles. The van der Waals surface area contributed by atoms with Crippen LogP contribution in [0, 0.1) is 0 Å². The molecule has 0 spiro atoms. The van der Waals surface area contributed by atoms with Gasteiger partial charge in [0.2, 0.25) is 0 Å². The van der Waals surface area contributed by atoms with E-state index in [1.807, 2.05) is 30.3 Å². The van der Waals surface area contributed by atoms with E-state index in [9.17, 15) is 0 Å². The van der Waals surface area contributed by atoms with Gasteiger partial charge in [-0.05, 0) is 37.1 Å². The molecule has 0 unspecified atom stereocenters. The van der Waals surface area contributed by atoms with Gasteiger partial charge in [0.1, 0.15) is 5.75 Å². The van der Waals surface area contributed by atoms with Crippen LogP contribution in [0.15, 0.2) is 53.9 Å². The lowest BCUT2D eigenvalue weighted by Crippen LogP contribution is -1.97. The Labute approximate surface area is 128 Å². The molecule has 2 heterocycles. The molecule has 0 aliphatic carbocycles. The van der Waals surface area contributed by atoms with E-state index in [0.717, 1.165) is 47.1 Å². The summed E-state index contributed by atoms with van der Waals surface area (Å²) in [5, 5.41) is 0.992. The van der Waals surface area contributed by atoms with Gasteiger partial charge >= 0.3 is 0 Å². The number of pyridine rings is 1. The molecule has 0 aliphatic rings. The third-order valence-corrected chi connectivity index (χ3v) is 4.02. The summed E-state index contributed by atoms with van der Waals surface area (Å²) < 4.78 is 5.63. The van der Waals surface area contributed by atoms with Crippen molar-refractivity contribution in [1.82, 2.24) is 15.0 Å². The molecular weight excluding hydrogens is 282 g/mol. The van der Waals surface area contributed by atoms with Crippen LogP contribution >= 0.6 is 11.8 Å². The van der Waals surface area contributed by atoms with Gasteiger partial charge in [-0.2, -0.15) is 0 Å². The number of hydrogen-bond acceptors (Lipinski definition) is 4. The van der Waals surface area contributed by atoms with E-state index in [-0.39, 0.29) is 0 Å². The number of hydrogen-bond donors (Lipinski definition) is 1. The number of aromatic amines is 1. The Hall–Kier alpha value is -2.01. The average molecular weight is 299 g/mol. The minimum Gasteiger partial charge on any atom is -0.493 e. The van der Waals surface area contributed by atoms with E-state index in [4.69, 9.17) is 4.74 Å². The smallest absolute Gasteiger partial charge is 0.166 e. The molecule has 3 rings (SSSR count). The van der Waals surface area contributed by atoms with Crippen molar-refractivity contribution >= 4 is 22.8 Å². The molecule has 3 aromatic rings. The zero-order valence-corrected chi connectivity index (χ0v) is 12.5. The second kappa shape index (κ2) is 7.13. The van der Waals surface area contributed by atoms with Crippen LogP contribution in [-0.4, -0.2) is 27.3 Å². The molecule has 21 heavy (non-hydrogen) atoms. The molecule has 5 heteroatoms. The fourth-order valence-corrected chi connectivity index (χ4v) is 2.88. The maximum Gasteiger partial charge on any atom is 0.166 e. The van der Waals surface area contributed by atoms with Crippen LogP contribution in [0.1, 0.15) is 12.8 Å². The molecule has 0 saturated heterocycles.